The molecule has 0 aromatic heterocycles. The lowest BCUT2D eigenvalue weighted by atomic mass is 10.0. The standard InChI is InChI=1S/C28H32N2O2/c1-4-6-8-22(5-2)20-32-28-17-15-27(16-18-28)30-29-26-13-11-23(12-14-26)25-10-7-9-24(19-25)21(3)31/h7,9-19,22H,4-6,8,20H2,1-3H3. The zero-order valence-electron chi connectivity index (χ0n) is 19.3. The molecule has 0 saturated carbocycles. The third-order valence-electron chi connectivity index (χ3n) is 5.62. The average Bonchev–Trinajstić information content (AvgIpc) is 2.84. The number of hydrogen-bond donors (Lipinski definition) is 0. The molecule has 3 rings (SSSR count). The summed E-state index contributed by atoms with van der Waals surface area (Å²) in [6, 6.07) is 23.2. The highest BCUT2D eigenvalue weighted by Crippen LogP contribution is 2.26. The molecule has 0 fully saturated rings. The van der Waals surface area contributed by atoms with Gasteiger partial charge in [-0.1, -0.05) is 63.4 Å². The van der Waals surface area contributed by atoms with E-state index in [4.69, 9.17) is 4.74 Å². The molecule has 1 atom stereocenters. The van der Waals surface area contributed by atoms with Crippen LogP contribution in [-0.2, 0) is 0 Å². The predicted molar refractivity (Wildman–Crippen MR) is 131 cm³/mol. The number of benzene rings is 3. The summed E-state index contributed by atoms with van der Waals surface area (Å²) in [5.74, 6) is 1.55. The summed E-state index contributed by atoms with van der Waals surface area (Å²) in [7, 11) is 0. The fraction of sp³-hybridized carbons (Fsp3) is 0.321. The van der Waals surface area contributed by atoms with E-state index in [1.165, 1.54) is 19.3 Å². The number of ketones is 1. The summed E-state index contributed by atoms with van der Waals surface area (Å²) < 4.78 is 5.96. The first-order valence-electron chi connectivity index (χ1n) is 11.4. The van der Waals surface area contributed by atoms with Gasteiger partial charge in [-0.3, -0.25) is 4.79 Å². The van der Waals surface area contributed by atoms with Crippen molar-refractivity contribution in [3.8, 4) is 16.9 Å². The maximum Gasteiger partial charge on any atom is 0.159 e. The monoisotopic (exact) mass is 428 g/mol. The van der Waals surface area contributed by atoms with Crippen LogP contribution in [0.5, 0.6) is 5.75 Å². The Hall–Kier alpha value is -3.27. The molecule has 0 heterocycles. The molecule has 3 aromatic carbocycles. The molecule has 0 aliphatic carbocycles. The van der Waals surface area contributed by atoms with Gasteiger partial charge in [-0.2, -0.15) is 10.2 Å². The van der Waals surface area contributed by atoms with E-state index < -0.39 is 0 Å². The van der Waals surface area contributed by atoms with Crippen LogP contribution in [0.1, 0.15) is 56.8 Å². The molecule has 32 heavy (non-hydrogen) atoms. The fourth-order valence-electron chi connectivity index (χ4n) is 3.47. The molecule has 166 valence electrons. The number of hydrogen-bond acceptors (Lipinski definition) is 4. The molecular formula is C28H32N2O2. The van der Waals surface area contributed by atoms with Crippen LogP contribution >= 0.6 is 0 Å². The van der Waals surface area contributed by atoms with Crippen molar-refractivity contribution in [2.75, 3.05) is 6.61 Å². The zero-order chi connectivity index (χ0) is 22.8. The van der Waals surface area contributed by atoms with Crippen LogP contribution in [0.15, 0.2) is 83.0 Å². The van der Waals surface area contributed by atoms with Crippen molar-refractivity contribution < 1.29 is 9.53 Å². The fourth-order valence-corrected chi connectivity index (χ4v) is 3.47. The van der Waals surface area contributed by atoms with Crippen molar-refractivity contribution in [1.82, 2.24) is 0 Å². The predicted octanol–water partition coefficient (Wildman–Crippen LogP) is 8.57. The molecule has 3 aromatic rings. The van der Waals surface area contributed by atoms with Gasteiger partial charge in [0.2, 0.25) is 0 Å². The van der Waals surface area contributed by atoms with Crippen molar-refractivity contribution in [2.24, 2.45) is 16.1 Å². The summed E-state index contributed by atoms with van der Waals surface area (Å²) in [6.07, 6.45) is 4.85. The van der Waals surface area contributed by atoms with E-state index in [1.807, 2.05) is 72.8 Å². The van der Waals surface area contributed by atoms with Gasteiger partial charge in [0.05, 0.1) is 18.0 Å². The van der Waals surface area contributed by atoms with Crippen molar-refractivity contribution >= 4 is 17.2 Å². The van der Waals surface area contributed by atoms with Gasteiger partial charge in [0.15, 0.2) is 5.78 Å². The van der Waals surface area contributed by atoms with Crippen LogP contribution < -0.4 is 4.74 Å². The molecule has 0 amide bonds. The Morgan fingerprint density at radius 3 is 2.12 bits per heavy atom. The molecule has 4 nitrogen and oxygen atoms in total. The van der Waals surface area contributed by atoms with E-state index in [0.717, 1.165) is 41.3 Å². The molecule has 0 bridgehead atoms. The van der Waals surface area contributed by atoms with Gasteiger partial charge in [-0.15, -0.1) is 0 Å². The Labute approximate surface area is 191 Å². The molecule has 0 aliphatic rings. The lowest BCUT2D eigenvalue weighted by molar-refractivity contribution is 0.101. The quantitative estimate of drug-likeness (QED) is 0.227. The molecule has 1 unspecified atom stereocenters. The number of rotatable bonds is 11. The normalized spacial score (nSPS) is 12.1. The first kappa shape index (κ1) is 23.4. The van der Waals surface area contributed by atoms with Crippen molar-refractivity contribution in [3.05, 3.63) is 78.4 Å². The van der Waals surface area contributed by atoms with Crippen LogP contribution in [0.4, 0.5) is 11.4 Å². The van der Waals surface area contributed by atoms with Crippen LogP contribution in [0.25, 0.3) is 11.1 Å². The average molecular weight is 429 g/mol. The van der Waals surface area contributed by atoms with Gasteiger partial charge in [-0.05, 0) is 72.9 Å². The second-order valence-corrected chi connectivity index (χ2v) is 8.11. The molecule has 0 radical (unpaired) electrons. The highest BCUT2D eigenvalue weighted by atomic mass is 16.5. The summed E-state index contributed by atoms with van der Waals surface area (Å²) >= 11 is 0. The van der Waals surface area contributed by atoms with Gasteiger partial charge in [-0.25, -0.2) is 0 Å². The second kappa shape index (κ2) is 11.9. The minimum atomic E-state index is 0.0652. The van der Waals surface area contributed by atoms with E-state index in [2.05, 4.69) is 24.1 Å². The van der Waals surface area contributed by atoms with Gasteiger partial charge in [0, 0.05) is 5.56 Å². The van der Waals surface area contributed by atoms with Crippen LogP contribution in [0.3, 0.4) is 0 Å². The second-order valence-electron chi connectivity index (χ2n) is 8.11. The number of azo groups is 1. The van der Waals surface area contributed by atoms with E-state index in [1.54, 1.807) is 6.92 Å². The van der Waals surface area contributed by atoms with E-state index in [9.17, 15) is 4.79 Å². The van der Waals surface area contributed by atoms with Crippen molar-refractivity contribution in [2.45, 2.75) is 46.5 Å². The molecule has 0 saturated heterocycles. The van der Waals surface area contributed by atoms with Crippen LogP contribution in [-0.4, -0.2) is 12.4 Å². The number of carbonyl (C=O) groups is 1. The Morgan fingerprint density at radius 2 is 1.53 bits per heavy atom. The molecule has 0 spiro atoms. The smallest absolute Gasteiger partial charge is 0.159 e. The van der Waals surface area contributed by atoms with Crippen LogP contribution in [0.2, 0.25) is 0 Å². The lowest BCUT2D eigenvalue weighted by Gasteiger charge is -2.15. The minimum absolute atomic E-state index is 0.0652. The summed E-state index contributed by atoms with van der Waals surface area (Å²) in [4.78, 5) is 11.6. The third-order valence-corrected chi connectivity index (χ3v) is 5.62. The SMILES string of the molecule is CCCCC(CC)COc1ccc(N=Nc2ccc(-c3cccc(C(C)=O)c3)cc2)cc1. The number of unbranched alkanes of at least 4 members (excludes halogenated alkanes) is 1. The van der Waals surface area contributed by atoms with Gasteiger partial charge in [0.25, 0.3) is 0 Å². The Kier molecular flexibility index (Phi) is 8.73. The maximum atomic E-state index is 11.6. The Morgan fingerprint density at radius 1 is 0.875 bits per heavy atom. The Balaban J connectivity index is 1.58. The number of carbonyl (C=O) groups excluding carboxylic acids is 1. The van der Waals surface area contributed by atoms with E-state index in [0.29, 0.717) is 11.5 Å². The van der Waals surface area contributed by atoms with E-state index in [-0.39, 0.29) is 5.78 Å². The van der Waals surface area contributed by atoms with E-state index >= 15 is 0 Å². The van der Waals surface area contributed by atoms with Crippen molar-refractivity contribution in [3.63, 3.8) is 0 Å². The minimum Gasteiger partial charge on any atom is -0.493 e. The van der Waals surface area contributed by atoms with Gasteiger partial charge in [0.1, 0.15) is 5.75 Å². The van der Waals surface area contributed by atoms with Gasteiger partial charge < -0.3 is 4.74 Å². The molecular weight excluding hydrogens is 396 g/mol. The molecule has 0 N–H and O–H groups in total. The largest absolute Gasteiger partial charge is 0.493 e. The summed E-state index contributed by atoms with van der Waals surface area (Å²) in [5.41, 5.74) is 4.33. The van der Waals surface area contributed by atoms with Gasteiger partial charge >= 0.3 is 0 Å². The third kappa shape index (κ3) is 6.88. The molecule has 0 aliphatic heterocycles. The number of nitrogens with zero attached hydrogens (tertiary/aromatic N) is 2. The first-order chi connectivity index (χ1) is 15.6. The summed E-state index contributed by atoms with van der Waals surface area (Å²) in [5, 5.41) is 8.67. The summed E-state index contributed by atoms with van der Waals surface area (Å²) in [6.45, 7) is 6.79. The molecule has 4 heteroatoms. The maximum absolute atomic E-state index is 11.6. The zero-order valence-corrected chi connectivity index (χ0v) is 19.3. The highest BCUT2D eigenvalue weighted by molar-refractivity contribution is 5.95. The first-order valence-corrected chi connectivity index (χ1v) is 11.4. The topological polar surface area (TPSA) is 51.0 Å². The number of ether oxygens (including phenoxy) is 1. The lowest BCUT2D eigenvalue weighted by Crippen LogP contribution is -2.11. The number of Topliss-reactive ketones (excluding diaryl/α,β-unsaturated/α-hetero) is 1. The Bertz CT molecular complexity index is 1020. The van der Waals surface area contributed by atoms with Crippen molar-refractivity contribution in [1.29, 1.82) is 0 Å². The van der Waals surface area contributed by atoms with Crippen LogP contribution in [0, 0.1) is 5.92 Å². The highest BCUT2D eigenvalue weighted by Gasteiger charge is 2.07.